The lowest BCUT2D eigenvalue weighted by atomic mass is 10.0. The van der Waals surface area contributed by atoms with Crippen molar-refractivity contribution in [1.82, 2.24) is 5.32 Å². The van der Waals surface area contributed by atoms with Crippen molar-refractivity contribution < 1.29 is 24.5 Å². The van der Waals surface area contributed by atoms with Crippen LogP contribution in [0.25, 0.3) is 0 Å². The molecule has 3 N–H and O–H groups in total. The predicted octanol–water partition coefficient (Wildman–Crippen LogP) is 25.4. The number of carbonyl (C=O) groups is 2. The van der Waals surface area contributed by atoms with Gasteiger partial charge in [-0.3, -0.25) is 9.59 Å². The minimum Gasteiger partial charge on any atom is -0.466 e. The van der Waals surface area contributed by atoms with E-state index in [0.717, 1.165) is 44.9 Å². The number of amides is 1. The zero-order valence-corrected chi connectivity index (χ0v) is 57.6. The highest BCUT2D eigenvalue weighted by Gasteiger charge is 2.18. The summed E-state index contributed by atoms with van der Waals surface area (Å²) >= 11 is 0. The number of carbonyl (C=O) groups excluding carboxylic acids is 2. The molecule has 0 aromatic heterocycles. The molecule has 2 atom stereocenters. The fraction of sp³-hybridized carbons (Fsp3) is 0.899. The summed E-state index contributed by atoms with van der Waals surface area (Å²) in [5.74, 6) is -0.0454. The van der Waals surface area contributed by atoms with Gasteiger partial charge in [0.05, 0.1) is 25.4 Å². The van der Waals surface area contributed by atoms with E-state index in [0.29, 0.717) is 19.4 Å². The van der Waals surface area contributed by atoms with E-state index < -0.39 is 12.1 Å². The number of esters is 1. The van der Waals surface area contributed by atoms with Crippen molar-refractivity contribution in [3.63, 3.8) is 0 Å². The van der Waals surface area contributed by atoms with Crippen LogP contribution in [0.5, 0.6) is 0 Å². The number of allylic oxidation sites excluding steroid dienone is 5. The standard InChI is InChI=1S/C79H151NO5/c1-3-5-7-9-11-13-15-17-19-21-41-45-49-53-57-61-65-69-73-79(84)85-74-70-66-62-58-54-50-46-42-38-36-34-32-30-28-26-24-22-23-25-27-29-31-33-35-37-40-44-48-52-56-60-64-68-72-78(83)80-76(75-81)77(82)71-67-63-59-55-51-47-43-39-20-18-16-14-12-10-8-6-4-2/h19,21,26,28,67,71,76-77,81-82H,3-18,20,22-25,27,29-66,68-70,72-75H2,1-2H3,(H,80,83)/b21-19-,28-26-,71-67+. The Bertz CT molecular complexity index is 1380. The second kappa shape index (κ2) is 74.5. The number of aliphatic hydroxyl groups is 2. The van der Waals surface area contributed by atoms with E-state index in [9.17, 15) is 19.8 Å². The molecule has 0 aliphatic rings. The molecule has 6 nitrogen and oxygen atoms in total. The zero-order valence-electron chi connectivity index (χ0n) is 57.6. The summed E-state index contributed by atoms with van der Waals surface area (Å²) in [6.07, 6.45) is 96.9. The molecular weight excluding hydrogens is 1040 g/mol. The average molecular weight is 1200 g/mol. The first-order chi connectivity index (χ1) is 42.0. The smallest absolute Gasteiger partial charge is 0.305 e. The van der Waals surface area contributed by atoms with Crippen LogP contribution in [0.4, 0.5) is 0 Å². The first-order valence-corrected chi connectivity index (χ1v) is 38.8. The lowest BCUT2D eigenvalue weighted by Crippen LogP contribution is -2.45. The van der Waals surface area contributed by atoms with Gasteiger partial charge in [0.2, 0.25) is 5.91 Å². The van der Waals surface area contributed by atoms with Gasteiger partial charge in [-0.15, -0.1) is 0 Å². The average Bonchev–Trinajstić information content (AvgIpc) is 3.50. The second-order valence-corrected chi connectivity index (χ2v) is 26.7. The van der Waals surface area contributed by atoms with E-state index in [1.165, 1.54) is 360 Å². The third-order valence-electron chi connectivity index (χ3n) is 18.1. The topological polar surface area (TPSA) is 95.9 Å². The van der Waals surface area contributed by atoms with Gasteiger partial charge in [-0.25, -0.2) is 0 Å². The molecule has 0 saturated carbocycles. The van der Waals surface area contributed by atoms with Crippen molar-refractivity contribution >= 4 is 11.9 Å². The fourth-order valence-corrected chi connectivity index (χ4v) is 12.2. The van der Waals surface area contributed by atoms with Gasteiger partial charge in [0.15, 0.2) is 0 Å². The van der Waals surface area contributed by atoms with Crippen LogP contribution in [0.1, 0.15) is 431 Å². The molecule has 0 saturated heterocycles. The van der Waals surface area contributed by atoms with E-state index in [1.807, 2.05) is 6.08 Å². The highest BCUT2D eigenvalue weighted by Crippen LogP contribution is 2.19. The van der Waals surface area contributed by atoms with E-state index in [1.54, 1.807) is 6.08 Å². The molecule has 0 aliphatic heterocycles. The molecule has 0 rings (SSSR count). The van der Waals surface area contributed by atoms with E-state index in [2.05, 4.69) is 43.5 Å². The molecule has 6 heteroatoms. The van der Waals surface area contributed by atoms with Crippen LogP contribution in [0.2, 0.25) is 0 Å². The van der Waals surface area contributed by atoms with Gasteiger partial charge in [0, 0.05) is 12.8 Å². The minimum atomic E-state index is -0.843. The van der Waals surface area contributed by atoms with E-state index >= 15 is 0 Å². The Morgan fingerprint density at radius 3 is 0.835 bits per heavy atom. The molecule has 0 aromatic rings. The van der Waals surface area contributed by atoms with Crippen LogP contribution in [0.15, 0.2) is 36.5 Å². The Morgan fingerprint density at radius 2 is 0.553 bits per heavy atom. The molecule has 502 valence electrons. The maximum Gasteiger partial charge on any atom is 0.305 e. The maximum atomic E-state index is 12.5. The number of ether oxygens (including phenoxy) is 1. The van der Waals surface area contributed by atoms with Crippen LogP contribution >= 0.6 is 0 Å². The molecule has 1 amide bonds. The highest BCUT2D eigenvalue weighted by atomic mass is 16.5. The van der Waals surface area contributed by atoms with Gasteiger partial charge in [-0.2, -0.15) is 0 Å². The first-order valence-electron chi connectivity index (χ1n) is 38.8. The predicted molar refractivity (Wildman–Crippen MR) is 375 cm³/mol. The summed E-state index contributed by atoms with van der Waals surface area (Å²) in [7, 11) is 0. The Hall–Kier alpha value is -1.92. The number of aliphatic hydroxyl groups excluding tert-OH is 2. The lowest BCUT2D eigenvalue weighted by molar-refractivity contribution is -0.143. The van der Waals surface area contributed by atoms with Gasteiger partial charge in [0.25, 0.3) is 0 Å². The second-order valence-electron chi connectivity index (χ2n) is 26.7. The van der Waals surface area contributed by atoms with Crippen LogP contribution in [-0.2, 0) is 14.3 Å². The molecule has 0 fully saturated rings. The molecule has 0 radical (unpaired) electrons. The molecule has 0 bridgehead atoms. The Balaban J connectivity index is 3.36. The van der Waals surface area contributed by atoms with Crippen molar-refractivity contribution in [2.24, 2.45) is 0 Å². The van der Waals surface area contributed by atoms with Gasteiger partial charge < -0.3 is 20.3 Å². The molecule has 0 spiro atoms. The molecule has 85 heavy (non-hydrogen) atoms. The molecule has 0 heterocycles. The molecule has 0 aliphatic carbocycles. The van der Waals surface area contributed by atoms with E-state index in [4.69, 9.17) is 4.74 Å². The van der Waals surface area contributed by atoms with Gasteiger partial charge >= 0.3 is 5.97 Å². The van der Waals surface area contributed by atoms with E-state index in [-0.39, 0.29) is 18.5 Å². The van der Waals surface area contributed by atoms with Crippen molar-refractivity contribution in [3.8, 4) is 0 Å². The third kappa shape index (κ3) is 71.0. The quantitative estimate of drug-likeness (QED) is 0.0320. The van der Waals surface area contributed by atoms with Gasteiger partial charge in [-0.1, -0.05) is 371 Å². The summed E-state index contributed by atoms with van der Waals surface area (Å²) in [6.45, 7) is 4.94. The maximum absolute atomic E-state index is 12.5. The number of unbranched alkanes of at least 4 members (excludes halogenated alkanes) is 58. The van der Waals surface area contributed by atoms with Crippen LogP contribution in [-0.4, -0.2) is 47.4 Å². The van der Waals surface area contributed by atoms with Gasteiger partial charge in [0.1, 0.15) is 0 Å². The zero-order chi connectivity index (χ0) is 61.3. The summed E-state index contributed by atoms with van der Waals surface area (Å²) in [4.78, 5) is 24.6. The SMILES string of the molecule is CCCCCCCCC/C=C\CCCCCCCCCC(=O)OCCCCCCCCCCCCCC/C=C\CCCCCCCCCCCCCCCCCCCC(=O)NC(CO)C(O)/C=C/CCCCCCCCCCCCCCCCC. The molecule has 0 aromatic carbocycles. The largest absolute Gasteiger partial charge is 0.466 e. The summed E-state index contributed by atoms with van der Waals surface area (Å²) in [5.41, 5.74) is 0. The fourth-order valence-electron chi connectivity index (χ4n) is 12.2. The summed E-state index contributed by atoms with van der Waals surface area (Å²) < 4.78 is 5.51. The summed E-state index contributed by atoms with van der Waals surface area (Å²) in [6, 6.07) is -0.626. The van der Waals surface area contributed by atoms with Crippen molar-refractivity contribution in [2.75, 3.05) is 13.2 Å². The Labute approximate surface area is 532 Å². The number of hydrogen-bond acceptors (Lipinski definition) is 5. The minimum absolute atomic E-state index is 0.0162. The van der Waals surface area contributed by atoms with Crippen LogP contribution in [0, 0.1) is 0 Å². The Morgan fingerprint density at radius 1 is 0.318 bits per heavy atom. The first kappa shape index (κ1) is 83.1. The molecule has 2 unspecified atom stereocenters. The monoisotopic (exact) mass is 1190 g/mol. The Kier molecular flexibility index (Phi) is 72.9. The summed E-state index contributed by atoms with van der Waals surface area (Å²) in [5, 5.41) is 23.2. The number of rotatable bonds is 73. The lowest BCUT2D eigenvalue weighted by Gasteiger charge is -2.20. The normalized spacial score (nSPS) is 12.7. The highest BCUT2D eigenvalue weighted by molar-refractivity contribution is 5.76. The molecular formula is C79H151NO5. The van der Waals surface area contributed by atoms with Crippen LogP contribution < -0.4 is 5.32 Å². The van der Waals surface area contributed by atoms with Crippen molar-refractivity contribution in [3.05, 3.63) is 36.5 Å². The van der Waals surface area contributed by atoms with Crippen LogP contribution in [0.3, 0.4) is 0 Å². The van der Waals surface area contributed by atoms with Crippen molar-refractivity contribution in [2.45, 2.75) is 443 Å². The number of hydrogen-bond donors (Lipinski definition) is 3. The third-order valence-corrected chi connectivity index (χ3v) is 18.1. The van der Waals surface area contributed by atoms with Crippen molar-refractivity contribution in [1.29, 1.82) is 0 Å². The van der Waals surface area contributed by atoms with Gasteiger partial charge in [-0.05, 0) is 83.5 Å². The number of nitrogens with one attached hydrogen (secondary N) is 1.